The number of nitrogens with zero attached hydrogens (tertiary/aromatic N) is 3. The summed E-state index contributed by atoms with van der Waals surface area (Å²) in [6.07, 6.45) is 12.4. The maximum Gasteiger partial charge on any atom is 0.137 e. The number of hydrogen-bond acceptors (Lipinski definition) is 7. The minimum absolute atomic E-state index is 0.00722. The number of rotatable bonds is 7. The highest BCUT2D eigenvalue weighted by molar-refractivity contribution is 6.32. The maximum absolute atomic E-state index is 6.98. The highest BCUT2D eigenvalue weighted by atomic mass is 16.5. The van der Waals surface area contributed by atoms with E-state index in [1.54, 1.807) is 7.11 Å². The third kappa shape index (κ3) is 8.04. The van der Waals surface area contributed by atoms with Crippen LogP contribution in [0.1, 0.15) is 80.5 Å². The number of aromatic amines is 1. The first kappa shape index (κ1) is 42.3. The number of anilines is 2. The monoisotopic (exact) mass is 866 g/mol. The molecule has 66 heavy (non-hydrogen) atoms. The first-order valence-corrected chi connectivity index (χ1v) is 22.5. The van der Waals surface area contributed by atoms with Gasteiger partial charge in [0, 0.05) is 10.9 Å². The van der Waals surface area contributed by atoms with Crippen molar-refractivity contribution in [2.45, 2.75) is 66.2 Å². The molecule has 4 aliphatic rings. The lowest BCUT2D eigenvalue weighted by Crippen LogP contribution is -2.18. The van der Waals surface area contributed by atoms with E-state index in [1.807, 2.05) is 0 Å². The number of fused-ring (bicyclic) bond motifs is 7. The molecule has 0 unspecified atom stereocenters. The van der Waals surface area contributed by atoms with Crippen LogP contribution in [0.3, 0.4) is 0 Å². The second-order valence-electron chi connectivity index (χ2n) is 19.3. The van der Waals surface area contributed by atoms with E-state index in [9.17, 15) is 0 Å². The molecule has 6 heterocycles. The smallest absolute Gasteiger partial charge is 0.137 e. The van der Waals surface area contributed by atoms with Crippen molar-refractivity contribution in [2.75, 3.05) is 18.0 Å². The average Bonchev–Trinajstić information content (AvgIpc) is 4.15. The van der Waals surface area contributed by atoms with E-state index in [2.05, 4.69) is 217 Å². The van der Waals surface area contributed by atoms with Crippen molar-refractivity contribution in [1.82, 2.24) is 4.98 Å². The predicted octanol–water partition coefficient (Wildman–Crippen LogP) is 9.93. The number of furan rings is 1. The number of aromatic nitrogens is 1. The highest BCUT2D eigenvalue weighted by Crippen LogP contribution is 2.32. The van der Waals surface area contributed by atoms with Crippen molar-refractivity contribution in [1.29, 1.82) is 0 Å². The third-order valence-electron chi connectivity index (χ3n) is 12.5. The largest absolute Gasteiger partial charge is 0.496 e. The van der Waals surface area contributed by atoms with Gasteiger partial charge in [-0.2, -0.15) is 0 Å². The number of methoxy groups -OCH3 is 1. The van der Waals surface area contributed by atoms with Gasteiger partial charge >= 0.3 is 0 Å². The standard InChI is InChI=1S/C58H54N6O2/c1-34-32-42(33-35(2)56(34)65-9)64-63-41-20-14-36(15-21-41)53-47-26-22-43(59-47)45-24-28-49(61-45)54(37-10-16-39(17-11-37)57(3,4)5)51-30-31-52(66-51)55(38-12-18-40(19-13-38)58(6,7)8)50-29-25-46(62-50)44-23-27-48(53)60-44/h10-33,59,63-64H,1-9H3. The molecule has 2 aromatic heterocycles. The topological polar surface area (TPSA) is 99.3 Å². The molecule has 6 aromatic rings. The van der Waals surface area contributed by atoms with Gasteiger partial charge in [-0.3, -0.25) is 0 Å². The molecule has 8 heteroatoms. The summed E-state index contributed by atoms with van der Waals surface area (Å²) in [6.45, 7) is 17.5. The van der Waals surface area contributed by atoms with E-state index >= 15 is 0 Å². The Bertz CT molecular complexity index is 3420. The Balaban J connectivity index is 1.15. The van der Waals surface area contributed by atoms with Crippen molar-refractivity contribution in [3.63, 3.8) is 0 Å². The summed E-state index contributed by atoms with van der Waals surface area (Å²) in [7, 11) is 1.71. The molecule has 8 nitrogen and oxygen atoms in total. The van der Waals surface area contributed by atoms with E-state index in [4.69, 9.17) is 24.1 Å². The fourth-order valence-corrected chi connectivity index (χ4v) is 8.99. The number of hydrogen-bond donors (Lipinski definition) is 3. The van der Waals surface area contributed by atoms with Crippen LogP contribution < -0.4 is 37.1 Å². The van der Waals surface area contributed by atoms with Crippen molar-refractivity contribution in [3.8, 4) is 5.75 Å². The quantitative estimate of drug-likeness (QED) is 0.139. The molecule has 0 radical (unpaired) electrons. The molecule has 0 amide bonds. The van der Waals surface area contributed by atoms with Gasteiger partial charge in [-0.15, -0.1) is 0 Å². The van der Waals surface area contributed by atoms with E-state index < -0.39 is 0 Å². The second kappa shape index (κ2) is 16.4. The molecule has 0 spiro atoms. The lowest BCUT2D eigenvalue weighted by atomic mass is 9.86. The molecular weight excluding hydrogens is 813 g/mol. The van der Waals surface area contributed by atoms with Gasteiger partial charge < -0.3 is 25.0 Å². The number of nitrogens with one attached hydrogen (secondary N) is 3. The summed E-state index contributed by atoms with van der Waals surface area (Å²) in [4.78, 5) is 19.6. The lowest BCUT2D eigenvalue weighted by Gasteiger charge is -2.19. The molecule has 3 N–H and O–H groups in total. The summed E-state index contributed by atoms with van der Waals surface area (Å²) >= 11 is 0. The first-order chi connectivity index (χ1) is 31.7. The van der Waals surface area contributed by atoms with E-state index in [0.717, 1.165) is 117 Å². The number of allylic oxidation sites excluding steroid dienone is 5. The molecule has 328 valence electrons. The zero-order valence-electron chi connectivity index (χ0n) is 39.0. The first-order valence-electron chi connectivity index (χ1n) is 22.5. The highest BCUT2D eigenvalue weighted by Gasteiger charge is 2.23. The van der Waals surface area contributed by atoms with Crippen LogP contribution >= 0.6 is 0 Å². The minimum atomic E-state index is 0.00722. The molecule has 10 bridgehead atoms. The molecule has 4 aliphatic heterocycles. The predicted molar refractivity (Wildman–Crippen MR) is 272 cm³/mol. The van der Waals surface area contributed by atoms with Crippen LogP contribution in [0.15, 0.2) is 176 Å². The Morgan fingerprint density at radius 2 is 0.894 bits per heavy atom. The van der Waals surface area contributed by atoms with Crippen LogP contribution in [0.4, 0.5) is 11.4 Å². The van der Waals surface area contributed by atoms with Gasteiger partial charge in [0.2, 0.25) is 0 Å². The second-order valence-corrected chi connectivity index (χ2v) is 19.3. The van der Waals surface area contributed by atoms with Crippen molar-refractivity contribution in [3.05, 3.63) is 218 Å². The number of aliphatic imine (C=N–C) groups is 3. The van der Waals surface area contributed by atoms with Gasteiger partial charge in [-0.05, 0) is 149 Å². The number of H-pyrrole nitrogens is 1. The van der Waals surface area contributed by atoms with Gasteiger partial charge in [-0.25, -0.2) is 15.0 Å². The van der Waals surface area contributed by atoms with Crippen LogP contribution in [0.25, 0.3) is 22.4 Å². The maximum atomic E-state index is 6.98. The molecule has 0 fully saturated rings. The molecule has 0 saturated carbocycles. The Labute approximate surface area is 386 Å². The number of benzene rings is 4. The average molecular weight is 867 g/mol. The molecule has 0 atom stereocenters. The fraction of sp³-hybridized carbons (Fsp3) is 0.190. The molecule has 0 aliphatic carbocycles. The molecule has 10 rings (SSSR count). The SMILES string of the molecule is COc1c(C)cc(NNc2ccc(C3=c4ccc([nH]4)=C4C=CC(=N4)C(c4ccc(C(C)(C)C)cc4)=c4ccc(o4)=C(c4ccc(C(C)(C)C)cc4)C4=NC(=C5C=CC3=N5)C=C4)cc2)cc1C. The van der Waals surface area contributed by atoms with Gasteiger partial charge in [0.05, 0.1) is 69.2 Å². The summed E-state index contributed by atoms with van der Waals surface area (Å²) in [5.74, 6) is 0.898. The Kier molecular flexibility index (Phi) is 10.5. The van der Waals surface area contributed by atoms with Crippen molar-refractivity contribution in [2.24, 2.45) is 15.0 Å². The van der Waals surface area contributed by atoms with E-state index in [1.165, 1.54) is 11.1 Å². The van der Waals surface area contributed by atoms with Crippen LogP contribution in [-0.4, -0.2) is 29.2 Å². The molecular formula is C58H54N6O2. The Morgan fingerprint density at radius 1 is 0.470 bits per heavy atom. The summed E-state index contributed by atoms with van der Waals surface area (Å²) in [5.41, 5.74) is 25.4. The normalized spacial score (nSPS) is 15.6. The van der Waals surface area contributed by atoms with Gasteiger partial charge in [0.25, 0.3) is 0 Å². The summed E-state index contributed by atoms with van der Waals surface area (Å²) in [5, 5.41) is 1.82. The van der Waals surface area contributed by atoms with Crippen LogP contribution in [0.5, 0.6) is 5.75 Å². The zero-order valence-corrected chi connectivity index (χ0v) is 39.0. The van der Waals surface area contributed by atoms with Gasteiger partial charge in [-0.1, -0.05) is 102 Å². The number of hydrazine groups is 1. The number of aryl methyl sites for hydroxylation is 2. The Hall–Kier alpha value is -7.71. The van der Waals surface area contributed by atoms with Crippen molar-refractivity contribution >= 4 is 50.9 Å². The van der Waals surface area contributed by atoms with Crippen LogP contribution in [-0.2, 0) is 10.8 Å². The lowest BCUT2D eigenvalue weighted by molar-refractivity contribution is 0.408. The van der Waals surface area contributed by atoms with Gasteiger partial charge in [0.15, 0.2) is 0 Å². The van der Waals surface area contributed by atoms with Crippen molar-refractivity contribution < 1.29 is 9.15 Å². The molecule has 4 aromatic carbocycles. The van der Waals surface area contributed by atoms with Gasteiger partial charge in [0.1, 0.15) is 16.6 Å². The zero-order chi connectivity index (χ0) is 45.9. The summed E-state index contributed by atoms with van der Waals surface area (Å²) in [6, 6.07) is 38.5. The summed E-state index contributed by atoms with van der Waals surface area (Å²) < 4.78 is 12.6. The van der Waals surface area contributed by atoms with Crippen LogP contribution in [0.2, 0.25) is 0 Å². The van der Waals surface area contributed by atoms with E-state index in [-0.39, 0.29) is 10.8 Å². The Morgan fingerprint density at radius 3 is 1.39 bits per heavy atom. The number of ether oxygens (including phenoxy) is 1. The third-order valence-corrected chi connectivity index (χ3v) is 12.5. The fourth-order valence-electron chi connectivity index (χ4n) is 8.99. The molecule has 0 saturated heterocycles. The van der Waals surface area contributed by atoms with E-state index in [0.29, 0.717) is 0 Å². The van der Waals surface area contributed by atoms with Crippen LogP contribution in [0, 0.1) is 13.8 Å². The minimum Gasteiger partial charge on any atom is -0.496 e.